The maximum absolute atomic E-state index is 13.8. The molecule has 9 nitrogen and oxygen atoms in total. The number of rotatable bonds is 9. The molecule has 1 fully saturated rings. The molecule has 2 N–H and O–H groups in total. The van der Waals surface area contributed by atoms with Gasteiger partial charge in [-0.25, -0.2) is 4.39 Å². The summed E-state index contributed by atoms with van der Waals surface area (Å²) in [6.45, 7) is 0.0892. The average molecular weight is 602 g/mol. The van der Waals surface area contributed by atoms with Gasteiger partial charge in [-0.2, -0.15) is 0 Å². The summed E-state index contributed by atoms with van der Waals surface area (Å²) in [6, 6.07) is 15.1. The molecule has 0 aliphatic carbocycles. The molecular weight excluding hydrogens is 576 g/mol. The van der Waals surface area contributed by atoms with Crippen molar-refractivity contribution < 1.29 is 33.4 Å². The molecule has 0 spiro atoms. The Morgan fingerprint density at radius 1 is 0.976 bits per heavy atom. The van der Waals surface area contributed by atoms with Crippen LogP contribution in [0.3, 0.4) is 0 Å². The van der Waals surface area contributed by atoms with Gasteiger partial charge in [0.1, 0.15) is 11.6 Å². The third-order valence-electron chi connectivity index (χ3n) is 6.64. The van der Waals surface area contributed by atoms with Crippen LogP contribution in [-0.4, -0.2) is 65.0 Å². The number of amides is 3. The van der Waals surface area contributed by atoms with E-state index in [-0.39, 0.29) is 35.1 Å². The van der Waals surface area contributed by atoms with E-state index in [9.17, 15) is 28.7 Å². The summed E-state index contributed by atoms with van der Waals surface area (Å²) in [7, 11) is 1.52. The summed E-state index contributed by atoms with van der Waals surface area (Å²) < 4.78 is 18.7. The average Bonchev–Trinajstić information content (AvgIpc) is 3.40. The van der Waals surface area contributed by atoms with Crippen LogP contribution in [0.5, 0.6) is 5.75 Å². The van der Waals surface area contributed by atoms with Crippen LogP contribution >= 0.6 is 23.2 Å². The molecule has 0 bridgehead atoms. The van der Waals surface area contributed by atoms with E-state index in [1.807, 2.05) is 0 Å². The second kappa shape index (κ2) is 13.0. The topological polar surface area (TPSA) is 116 Å². The standard InChI is InChI=1S/C29H26Cl2FN3O6/c1-41-21-9-2-17(3-10-21)14-25(36)34-12-13-35(29(40)19-6-11-22(30)23(31)15-19)28(34)27(39)33-24(16-26(37)38)18-4-7-20(32)8-5-18/h2-11,15,24,28H,12-14,16H2,1H3,(H,33,39)(H,37,38). The summed E-state index contributed by atoms with van der Waals surface area (Å²) in [6.07, 6.45) is -1.96. The number of carbonyl (C=O) groups is 4. The highest BCUT2D eigenvalue weighted by atomic mass is 35.5. The number of nitrogens with one attached hydrogen (secondary N) is 1. The lowest BCUT2D eigenvalue weighted by Crippen LogP contribution is -2.54. The van der Waals surface area contributed by atoms with Gasteiger partial charge in [0.25, 0.3) is 11.8 Å². The molecule has 2 unspecified atom stereocenters. The van der Waals surface area contributed by atoms with E-state index in [2.05, 4.69) is 5.32 Å². The number of nitrogens with zero attached hydrogens (tertiary/aromatic N) is 2. The molecule has 1 heterocycles. The molecule has 0 radical (unpaired) electrons. The van der Waals surface area contributed by atoms with Gasteiger partial charge in [0.05, 0.1) is 36.0 Å². The van der Waals surface area contributed by atoms with Crippen molar-refractivity contribution in [3.8, 4) is 5.75 Å². The van der Waals surface area contributed by atoms with Gasteiger partial charge in [-0.3, -0.25) is 19.2 Å². The van der Waals surface area contributed by atoms with E-state index >= 15 is 0 Å². The van der Waals surface area contributed by atoms with E-state index in [0.717, 1.165) is 12.1 Å². The first-order chi connectivity index (χ1) is 19.6. The number of carboxylic acid groups (broad SMARTS) is 1. The molecule has 214 valence electrons. The number of halogens is 3. The highest BCUT2D eigenvalue weighted by molar-refractivity contribution is 6.42. The summed E-state index contributed by atoms with van der Waals surface area (Å²) in [5.74, 6) is -2.88. The van der Waals surface area contributed by atoms with Gasteiger partial charge >= 0.3 is 5.97 Å². The van der Waals surface area contributed by atoms with Crippen molar-refractivity contribution in [1.29, 1.82) is 0 Å². The third kappa shape index (κ3) is 7.14. The van der Waals surface area contributed by atoms with Gasteiger partial charge in [0.15, 0.2) is 6.17 Å². The van der Waals surface area contributed by atoms with Crippen LogP contribution in [0.1, 0.15) is 33.9 Å². The second-order valence-corrected chi connectivity index (χ2v) is 10.1. The van der Waals surface area contributed by atoms with Crippen LogP contribution in [0.2, 0.25) is 10.0 Å². The molecule has 12 heteroatoms. The van der Waals surface area contributed by atoms with Gasteiger partial charge < -0.3 is 25.0 Å². The Kier molecular flexibility index (Phi) is 9.46. The molecule has 2 atom stereocenters. The summed E-state index contributed by atoms with van der Waals surface area (Å²) >= 11 is 12.1. The molecule has 1 aliphatic rings. The Hall–Kier alpha value is -4.15. The summed E-state index contributed by atoms with van der Waals surface area (Å²) in [4.78, 5) is 54.9. The Labute approximate surface area is 245 Å². The maximum atomic E-state index is 13.8. The minimum Gasteiger partial charge on any atom is -0.497 e. The molecule has 41 heavy (non-hydrogen) atoms. The number of carbonyl (C=O) groups excluding carboxylic acids is 3. The lowest BCUT2D eigenvalue weighted by Gasteiger charge is -2.31. The van der Waals surface area contributed by atoms with E-state index in [4.69, 9.17) is 27.9 Å². The highest BCUT2D eigenvalue weighted by Crippen LogP contribution is 2.27. The zero-order valence-electron chi connectivity index (χ0n) is 21.9. The molecule has 3 amide bonds. The largest absolute Gasteiger partial charge is 0.497 e. The number of hydrogen-bond donors (Lipinski definition) is 2. The normalized spacial score (nSPS) is 15.4. The minimum absolute atomic E-state index is 0.0334. The van der Waals surface area contributed by atoms with Crippen LogP contribution < -0.4 is 10.1 Å². The number of methoxy groups -OCH3 is 1. The van der Waals surface area contributed by atoms with Gasteiger partial charge in [0.2, 0.25) is 5.91 Å². The fourth-order valence-electron chi connectivity index (χ4n) is 4.57. The predicted molar refractivity (Wildman–Crippen MR) is 149 cm³/mol. The zero-order valence-corrected chi connectivity index (χ0v) is 23.4. The van der Waals surface area contributed by atoms with Crippen molar-refractivity contribution >= 4 is 46.9 Å². The number of hydrogen-bond acceptors (Lipinski definition) is 5. The van der Waals surface area contributed by atoms with Crippen molar-refractivity contribution in [1.82, 2.24) is 15.1 Å². The highest BCUT2D eigenvalue weighted by Gasteiger charge is 2.43. The van der Waals surface area contributed by atoms with E-state index in [1.165, 1.54) is 47.2 Å². The quantitative estimate of drug-likeness (QED) is 0.377. The molecule has 3 aromatic carbocycles. The fourth-order valence-corrected chi connectivity index (χ4v) is 4.87. The van der Waals surface area contributed by atoms with Gasteiger partial charge in [-0.1, -0.05) is 47.5 Å². The first-order valence-corrected chi connectivity index (χ1v) is 13.3. The third-order valence-corrected chi connectivity index (χ3v) is 7.38. The SMILES string of the molecule is COc1ccc(CC(=O)N2CCN(C(=O)c3ccc(Cl)c(Cl)c3)C2C(=O)NC(CC(=O)O)c2ccc(F)cc2)cc1. The number of aliphatic carboxylic acids is 1. The Morgan fingerprint density at radius 2 is 1.63 bits per heavy atom. The van der Waals surface area contributed by atoms with Gasteiger partial charge in [-0.15, -0.1) is 0 Å². The van der Waals surface area contributed by atoms with Gasteiger partial charge in [-0.05, 0) is 53.6 Å². The lowest BCUT2D eigenvalue weighted by atomic mass is 10.0. The van der Waals surface area contributed by atoms with E-state index < -0.39 is 48.1 Å². The first-order valence-electron chi connectivity index (χ1n) is 12.5. The van der Waals surface area contributed by atoms with Crippen LogP contribution in [0.15, 0.2) is 66.7 Å². The smallest absolute Gasteiger partial charge is 0.305 e. The van der Waals surface area contributed by atoms with Crippen molar-refractivity contribution in [2.24, 2.45) is 0 Å². The van der Waals surface area contributed by atoms with Crippen molar-refractivity contribution in [2.45, 2.75) is 25.0 Å². The first kappa shape index (κ1) is 29.8. The molecule has 0 aromatic heterocycles. The Balaban J connectivity index is 1.64. The Morgan fingerprint density at radius 3 is 2.24 bits per heavy atom. The molecule has 1 aliphatic heterocycles. The van der Waals surface area contributed by atoms with E-state index in [1.54, 1.807) is 24.3 Å². The van der Waals surface area contributed by atoms with Crippen LogP contribution in [0, 0.1) is 5.82 Å². The number of ether oxygens (including phenoxy) is 1. The fraction of sp³-hybridized carbons (Fsp3) is 0.241. The summed E-state index contributed by atoms with van der Waals surface area (Å²) in [5.41, 5.74) is 1.17. The molecule has 0 saturated carbocycles. The monoisotopic (exact) mass is 601 g/mol. The van der Waals surface area contributed by atoms with Crippen LogP contribution in [0.4, 0.5) is 4.39 Å². The lowest BCUT2D eigenvalue weighted by molar-refractivity contribution is -0.142. The number of carboxylic acids is 1. The van der Waals surface area contributed by atoms with Crippen LogP contribution in [0.25, 0.3) is 0 Å². The minimum atomic E-state index is -1.39. The predicted octanol–water partition coefficient (Wildman–Crippen LogP) is 4.33. The van der Waals surface area contributed by atoms with Gasteiger partial charge in [0, 0.05) is 18.7 Å². The Bertz CT molecular complexity index is 1450. The van der Waals surface area contributed by atoms with Crippen LogP contribution in [-0.2, 0) is 20.8 Å². The zero-order chi connectivity index (χ0) is 29.7. The molecule has 1 saturated heterocycles. The molecular formula is C29H26Cl2FN3O6. The van der Waals surface area contributed by atoms with Crippen molar-refractivity contribution in [3.63, 3.8) is 0 Å². The number of benzene rings is 3. The second-order valence-electron chi connectivity index (χ2n) is 9.32. The van der Waals surface area contributed by atoms with Crippen molar-refractivity contribution in [3.05, 3.63) is 99.3 Å². The summed E-state index contributed by atoms with van der Waals surface area (Å²) in [5, 5.41) is 12.5. The molecule has 3 aromatic rings. The maximum Gasteiger partial charge on any atom is 0.305 e. The van der Waals surface area contributed by atoms with E-state index in [0.29, 0.717) is 16.9 Å². The molecule has 4 rings (SSSR count). The van der Waals surface area contributed by atoms with Crippen molar-refractivity contribution in [2.75, 3.05) is 20.2 Å².